The predicted molar refractivity (Wildman–Crippen MR) is 120 cm³/mol. The predicted octanol–water partition coefficient (Wildman–Crippen LogP) is 5.56. The minimum atomic E-state index is -0.329. The van der Waals surface area contributed by atoms with Gasteiger partial charge in [-0.05, 0) is 41.5 Å². The van der Waals surface area contributed by atoms with Crippen molar-refractivity contribution in [1.82, 2.24) is 9.78 Å². The van der Waals surface area contributed by atoms with Crippen molar-refractivity contribution in [2.45, 2.75) is 6.54 Å². The second-order valence-corrected chi connectivity index (χ2v) is 7.42. The maximum absolute atomic E-state index is 12.4. The molecule has 9 heteroatoms. The fraction of sp³-hybridized carbons (Fsp3) is 0.143. The first kappa shape index (κ1) is 22.0. The number of rotatable bonds is 7. The molecule has 0 saturated heterocycles. The number of anilines is 1. The van der Waals surface area contributed by atoms with E-state index in [1.165, 1.54) is 20.3 Å². The lowest BCUT2D eigenvalue weighted by atomic mass is 10.2. The zero-order valence-electron chi connectivity index (χ0n) is 16.2. The van der Waals surface area contributed by atoms with Crippen LogP contribution in [-0.4, -0.2) is 29.9 Å². The van der Waals surface area contributed by atoms with Crippen molar-refractivity contribution < 1.29 is 14.3 Å². The van der Waals surface area contributed by atoms with Crippen molar-refractivity contribution in [1.29, 1.82) is 0 Å². The quantitative estimate of drug-likeness (QED) is 0.463. The van der Waals surface area contributed by atoms with Gasteiger partial charge in [-0.3, -0.25) is 4.79 Å². The minimum absolute atomic E-state index is 0.329. The highest BCUT2D eigenvalue weighted by Crippen LogP contribution is 2.36. The average Bonchev–Trinajstić information content (AvgIpc) is 3.14. The van der Waals surface area contributed by atoms with Crippen LogP contribution in [0.25, 0.3) is 6.08 Å². The molecule has 156 valence electrons. The number of aromatic nitrogens is 2. The molecule has 1 aromatic heterocycles. The highest BCUT2D eigenvalue weighted by Gasteiger charge is 2.11. The van der Waals surface area contributed by atoms with Crippen molar-refractivity contribution in [3.8, 4) is 11.5 Å². The number of nitrogens with zero attached hydrogens (tertiary/aromatic N) is 2. The SMILES string of the molecule is COc1cc(/C=C/C(=O)Nc2ccnn2Cc2ccc(Cl)cc2Cl)cc(Cl)c1OC. The summed E-state index contributed by atoms with van der Waals surface area (Å²) in [5.74, 6) is 1.11. The van der Waals surface area contributed by atoms with Gasteiger partial charge in [0, 0.05) is 22.2 Å². The maximum atomic E-state index is 12.4. The summed E-state index contributed by atoms with van der Waals surface area (Å²) >= 11 is 18.4. The number of hydrogen-bond donors (Lipinski definition) is 1. The molecule has 30 heavy (non-hydrogen) atoms. The Morgan fingerprint density at radius 2 is 1.90 bits per heavy atom. The van der Waals surface area contributed by atoms with Crippen LogP contribution in [0, 0.1) is 0 Å². The molecule has 2 aromatic carbocycles. The molecule has 0 bridgehead atoms. The van der Waals surface area contributed by atoms with E-state index in [0.717, 1.165) is 5.56 Å². The topological polar surface area (TPSA) is 65.4 Å². The van der Waals surface area contributed by atoms with Crippen molar-refractivity contribution in [2.75, 3.05) is 19.5 Å². The summed E-state index contributed by atoms with van der Waals surface area (Å²) in [6.07, 6.45) is 4.61. The molecule has 0 unspecified atom stereocenters. The highest BCUT2D eigenvalue weighted by molar-refractivity contribution is 6.35. The molecule has 0 fully saturated rings. The molecule has 0 aliphatic rings. The summed E-state index contributed by atoms with van der Waals surface area (Å²) in [5, 5.41) is 8.50. The second-order valence-electron chi connectivity index (χ2n) is 6.17. The number of amides is 1. The van der Waals surface area contributed by atoms with Gasteiger partial charge in [0.25, 0.3) is 0 Å². The van der Waals surface area contributed by atoms with Gasteiger partial charge in [0.2, 0.25) is 5.91 Å². The second kappa shape index (κ2) is 9.89. The number of hydrogen-bond acceptors (Lipinski definition) is 4. The van der Waals surface area contributed by atoms with Crippen LogP contribution in [0.1, 0.15) is 11.1 Å². The van der Waals surface area contributed by atoms with E-state index in [2.05, 4.69) is 10.4 Å². The fourth-order valence-electron chi connectivity index (χ4n) is 2.75. The Labute approximate surface area is 189 Å². The number of halogens is 3. The zero-order valence-corrected chi connectivity index (χ0v) is 18.4. The molecular weight excluding hydrogens is 449 g/mol. The van der Waals surface area contributed by atoms with Crippen molar-refractivity contribution in [2.24, 2.45) is 0 Å². The molecule has 1 heterocycles. The number of methoxy groups -OCH3 is 2. The van der Waals surface area contributed by atoms with Crippen molar-refractivity contribution in [3.05, 3.63) is 74.9 Å². The van der Waals surface area contributed by atoms with E-state index in [1.54, 1.807) is 47.3 Å². The molecule has 3 aromatic rings. The molecule has 0 aliphatic heterocycles. The van der Waals surface area contributed by atoms with Gasteiger partial charge in [-0.1, -0.05) is 40.9 Å². The summed E-state index contributed by atoms with van der Waals surface area (Å²) < 4.78 is 12.1. The number of carbonyl (C=O) groups is 1. The van der Waals surface area contributed by atoms with Gasteiger partial charge >= 0.3 is 0 Å². The summed E-state index contributed by atoms with van der Waals surface area (Å²) in [4.78, 5) is 12.4. The van der Waals surface area contributed by atoms with E-state index in [4.69, 9.17) is 44.3 Å². The average molecular weight is 467 g/mol. The first-order valence-corrected chi connectivity index (χ1v) is 9.91. The van der Waals surface area contributed by atoms with E-state index < -0.39 is 0 Å². The first-order valence-electron chi connectivity index (χ1n) is 8.77. The Bertz CT molecular complexity index is 1100. The Hall–Kier alpha value is -2.67. The monoisotopic (exact) mass is 465 g/mol. The van der Waals surface area contributed by atoms with E-state index >= 15 is 0 Å². The van der Waals surface area contributed by atoms with Crippen LogP contribution in [0.3, 0.4) is 0 Å². The summed E-state index contributed by atoms with van der Waals surface area (Å²) in [6.45, 7) is 0.383. The maximum Gasteiger partial charge on any atom is 0.249 e. The van der Waals surface area contributed by atoms with Gasteiger partial charge in [0.15, 0.2) is 11.5 Å². The molecule has 6 nitrogen and oxygen atoms in total. The van der Waals surface area contributed by atoms with Gasteiger partial charge in [-0.15, -0.1) is 0 Å². The summed E-state index contributed by atoms with van der Waals surface area (Å²) in [5.41, 5.74) is 1.52. The normalized spacial score (nSPS) is 11.0. The van der Waals surface area contributed by atoms with Gasteiger partial charge < -0.3 is 14.8 Å². The van der Waals surface area contributed by atoms with Crippen LogP contribution in [0.5, 0.6) is 11.5 Å². The fourth-order valence-corrected chi connectivity index (χ4v) is 3.51. The standard InChI is InChI=1S/C21H18Cl3N3O3/c1-29-18-10-13(9-17(24)21(18)30-2)3-6-20(28)26-19-7-8-25-27(19)12-14-4-5-15(22)11-16(14)23/h3-11H,12H2,1-2H3,(H,26,28)/b6-3+. The number of ether oxygens (including phenoxy) is 2. The molecule has 1 amide bonds. The van der Waals surface area contributed by atoms with Gasteiger partial charge in [-0.2, -0.15) is 5.10 Å². The Morgan fingerprint density at radius 3 is 2.60 bits per heavy atom. The lowest BCUT2D eigenvalue weighted by Gasteiger charge is -2.10. The van der Waals surface area contributed by atoms with Crippen LogP contribution < -0.4 is 14.8 Å². The third kappa shape index (κ3) is 5.27. The molecule has 1 N–H and O–H groups in total. The largest absolute Gasteiger partial charge is 0.493 e. The molecule has 0 radical (unpaired) electrons. The third-order valence-corrected chi connectivity index (χ3v) is 5.05. The molecular formula is C21H18Cl3N3O3. The van der Waals surface area contributed by atoms with Crippen molar-refractivity contribution >= 4 is 52.6 Å². The van der Waals surface area contributed by atoms with Gasteiger partial charge in [0.1, 0.15) is 5.82 Å². The van der Waals surface area contributed by atoms with Crippen LogP contribution in [0.4, 0.5) is 5.82 Å². The summed E-state index contributed by atoms with van der Waals surface area (Å²) in [6, 6.07) is 10.3. The molecule has 3 rings (SSSR count). The smallest absolute Gasteiger partial charge is 0.249 e. The van der Waals surface area contributed by atoms with Crippen LogP contribution in [0.2, 0.25) is 15.1 Å². The van der Waals surface area contributed by atoms with Crippen LogP contribution in [-0.2, 0) is 11.3 Å². The van der Waals surface area contributed by atoms with Crippen LogP contribution >= 0.6 is 34.8 Å². The van der Waals surface area contributed by atoms with E-state index in [0.29, 0.717) is 44.5 Å². The third-order valence-electron chi connectivity index (χ3n) is 4.19. The number of carbonyl (C=O) groups excluding carboxylic acids is 1. The zero-order chi connectivity index (χ0) is 21.7. The number of benzene rings is 2. The Balaban J connectivity index is 1.72. The molecule has 0 aliphatic carbocycles. The van der Waals surface area contributed by atoms with Gasteiger partial charge in [-0.25, -0.2) is 4.68 Å². The van der Waals surface area contributed by atoms with E-state index in [9.17, 15) is 4.79 Å². The Kier molecular flexibility index (Phi) is 7.26. The lowest BCUT2D eigenvalue weighted by molar-refractivity contribution is -0.111. The molecule has 0 spiro atoms. The lowest BCUT2D eigenvalue weighted by Crippen LogP contribution is -2.14. The number of nitrogens with one attached hydrogen (secondary N) is 1. The van der Waals surface area contributed by atoms with Gasteiger partial charge in [0.05, 0.1) is 32.0 Å². The molecule has 0 atom stereocenters. The molecule has 0 saturated carbocycles. The van der Waals surface area contributed by atoms with Crippen LogP contribution in [0.15, 0.2) is 48.7 Å². The summed E-state index contributed by atoms with van der Waals surface area (Å²) in [7, 11) is 3.02. The Morgan fingerprint density at radius 1 is 1.10 bits per heavy atom. The highest BCUT2D eigenvalue weighted by atomic mass is 35.5. The van der Waals surface area contributed by atoms with E-state index in [1.807, 2.05) is 6.07 Å². The minimum Gasteiger partial charge on any atom is -0.493 e. The van der Waals surface area contributed by atoms with Crippen molar-refractivity contribution in [3.63, 3.8) is 0 Å². The first-order chi connectivity index (χ1) is 14.4. The van der Waals surface area contributed by atoms with E-state index in [-0.39, 0.29) is 5.91 Å².